The maximum Gasteiger partial charge on any atom is 0.141 e. The molecule has 0 spiro atoms. The summed E-state index contributed by atoms with van der Waals surface area (Å²) < 4.78 is 0. The Kier molecular flexibility index (Phi) is 2.65. The predicted molar refractivity (Wildman–Crippen MR) is 53.2 cm³/mol. The molecule has 0 saturated heterocycles. The Labute approximate surface area is 77.5 Å². The molecular weight excluding hydrogens is 162 g/mol. The quantitative estimate of drug-likeness (QED) is 0.671. The summed E-state index contributed by atoms with van der Waals surface area (Å²) in [6, 6.07) is 7.38. The highest BCUT2D eigenvalue weighted by atomic mass is 14.8. The minimum absolute atomic E-state index is 0.00644. The molecule has 1 rings (SSSR count). The highest BCUT2D eigenvalue weighted by Crippen LogP contribution is 2.19. The van der Waals surface area contributed by atoms with Crippen LogP contribution in [-0.2, 0) is 0 Å². The van der Waals surface area contributed by atoms with Crippen molar-refractivity contribution >= 4 is 11.4 Å². The average Bonchev–Trinajstić information content (AvgIpc) is 2.16. The number of hydrogen-bond acceptors (Lipinski definition) is 3. The standard InChI is InChI=1S/C10H11N3/c1-7-4-3-5-8(9(12)6-11)10(7)13-2/h3-5,12-13H,1-2H3. The van der Waals surface area contributed by atoms with Crippen molar-refractivity contribution in [1.82, 2.24) is 0 Å². The lowest BCUT2D eigenvalue weighted by Gasteiger charge is -2.09. The Balaban J connectivity index is 3.30. The van der Waals surface area contributed by atoms with Crippen molar-refractivity contribution < 1.29 is 0 Å². The number of nitrogens with one attached hydrogen (secondary N) is 2. The number of para-hydroxylation sites is 1. The first-order chi connectivity index (χ1) is 6.20. The number of nitrogens with zero attached hydrogens (tertiary/aromatic N) is 1. The summed E-state index contributed by atoms with van der Waals surface area (Å²) in [5, 5.41) is 19.0. The van der Waals surface area contributed by atoms with Crippen molar-refractivity contribution in [3.8, 4) is 6.07 Å². The van der Waals surface area contributed by atoms with E-state index >= 15 is 0 Å². The van der Waals surface area contributed by atoms with Crippen LogP contribution in [0.1, 0.15) is 11.1 Å². The third-order valence-corrected chi connectivity index (χ3v) is 1.90. The summed E-state index contributed by atoms with van der Waals surface area (Å²) in [6.07, 6.45) is 0. The van der Waals surface area contributed by atoms with E-state index < -0.39 is 0 Å². The van der Waals surface area contributed by atoms with E-state index in [0.29, 0.717) is 5.56 Å². The normalized spacial score (nSPS) is 9.00. The maximum atomic E-state index is 8.60. The molecule has 66 valence electrons. The first kappa shape index (κ1) is 9.27. The smallest absolute Gasteiger partial charge is 0.141 e. The molecule has 0 aliphatic carbocycles. The summed E-state index contributed by atoms with van der Waals surface area (Å²) in [4.78, 5) is 0. The van der Waals surface area contributed by atoms with Crippen LogP contribution < -0.4 is 5.32 Å². The number of aryl methyl sites for hydroxylation is 1. The van der Waals surface area contributed by atoms with E-state index in [1.807, 2.05) is 25.1 Å². The molecule has 0 aromatic heterocycles. The van der Waals surface area contributed by atoms with Crippen LogP contribution in [-0.4, -0.2) is 12.8 Å². The monoisotopic (exact) mass is 173 g/mol. The van der Waals surface area contributed by atoms with E-state index in [1.54, 1.807) is 13.1 Å². The van der Waals surface area contributed by atoms with E-state index in [2.05, 4.69) is 5.32 Å². The van der Waals surface area contributed by atoms with E-state index in [9.17, 15) is 0 Å². The lowest BCUT2D eigenvalue weighted by atomic mass is 10.0. The van der Waals surface area contributed by atoms with Gasteiger partial charge in [0.15, 0.2) is 0 Å². The zero-order valence-electron chi connectivity index (χ0n) is 7.68. The van der Waals surface area contributed by atoms with Gasteiger partial charge in [0.25, 0.3) is 0 Å². The highest BCUT2D eigenvalue weighted by molar-refractivity contribution is 6.13. The van der Waals surface area contributed by atoms with Gasteiger partial charge in [0, 0.05) is 18.3 Å². The van der Waals surface area contributed by atoms with Gasteiger partial charge in [0.2, 0.25) is 0 Å². The van der Waals surface area contributed by atoms with Gasteiger partial charge >= 0.3 is 0 Å². The molecule has 0 amide bonds. The Morgan fingerprint density at radius 1 is 1.54 bits per heavy atom. The fourth-order valence-corrected chi connectivity index (χ4v) is 1.27. The third kappa shape index (κ3) is 1.67. The molecule has 1 aromatic carbocycles. The fraction of sp³-hybridized carbons (Fsp3) is 0.200. The molecule has 1 aromatic rings. The van der Waals surface area contributed by atoms with E-state index in [4.69, 9.17) is 10.7 Å². The predicted octanol–water partition coefficient (Wildman–Crippen LogP) is 1.93. The van der Waals surface area contributed by atoms with Gasteiger partial charge in [-0.05, 0) is 18.6 Å². The van der Waals surface area contributed by atoms with Gasteiger partial charge in [-0.3, -0.25) is 5.41 Å². The van der Waals surface area contributed by atoms with Crippen molar-refractivity contribution in [2.24, 2.45) is 0 Å². The second-order valence-electron chi connectivity index (χ2n) is 2.73. The van der Waals surface area contributed by atoms with Crippen LogP contribution in [0.5, 0.6) is 0 Å². The van der Waals surface area contributed by atoms with Crippen LogP contribution in [0.4, 0.5) is 5.69 Å². The van der Waals surface area contributed by atoms with Crippen molar-refractivity contribution in [3.63, 3.8) is 0 Å². The fourth-order valence-electron chi connectivity index (χ4n) is 1.27. The second-order valence-corrected chi connectivity index (χ2v) is 2.73. The Hall–Kier alpha value is -1.82. The molecule has 2 N–H and O–H groups in total. The van der Waals surface area contributed by atoms with Crippen LogP contribution in [0.2, 0.25) is 0 Å². The van der Waals surface area contributed by atoms with Gasteiger partial charge in [-0.2, -0.15) is 5.26 Å². The number of rotatable bonds is 2. The van der Waals surface area contributed by atoms with Crippen molar-refractivity contribution in [3.05, 3.63) is 29.3 Å². The zero-order valence-corrected chi connectivity index (χ0v) is 7.68. The molecular formula is C10H11N3. The molecule has 0 heterocycles. The molecule has 3 heteroatoms. The van der Waals surface area contributed by atoms with Crippen molar-refractivity contribution in [1.29, 1.82) is 10.7 Å². The van der Waals surface area contributed by atoms with Crippen molar-refractivity contribution in [2.75, 3.05) is 12.4 Å². The lowest BCUT2D eigenvalue weighted by Crippen LogP contribution is -2.03. The Bertz CT molecular complexity index is 374. The molecule has 3 nitrogen and oxygen atoms in total. The lowest BCUT2D eigenvalue weighted by molar-refractivity contribution is 1.37. The average molecular weight is 173 g/mol. The van der Waals surface area contributed by atoms with E-state index in [-0.39, 0.29) is 5.71 Å². The molecule has 0 unspecified atom stereocenters. The largest absolute Gasteiger partial charge is 0.387 e. The number of nitriles is 1. The van der Waals surface area contributed by atoms with Crippen LogP contribution in [0.15, 0.2) is 18.2 Å². The van der Waals surface area contributed by atoms with Gasteiger partial charge in [-0.1, -0.05) is 12.1 Å². The molecule has 0 bridgehead atoms. The van der Waals surface area contributed by atoms with Crippen LogP contribution in [0, 0.1) is 23.7 Å². The van der Waals surface area contributed by atoms with Crippen LogP contribution >= 0.6 is 0 Å². The third-order valence-electron chi connectivity index (χ3n) is 1.90. The molecule has 0 aliphatic heterocycles. The molecule has 13 heavy (non-hydrogen) atoms. The molecule has 0 atom stereocenters. The van der Waals surface area contributed by atoms with Crippen LogP contribution in [0.3, 0.4) is 0 Å². The number of benzene rings is 1. The van der Waals surface area contributed by atoms with Gasteiger partial charge in [-0.15, -0.1) is 0 Å². The Morgan fingerprint density at radius 2 is 2.23 bits per heavy atom. The SMILES string of the molecule is CNc1c(C)cccc1C(=N)C#N. The number of hydrogen-bond donors (Lipinski definition) is 2. The van der Waals surface area contributed by atoms with Crippen molar-refractivity contribution in [2.45, 2.75) is 6.92 Å². The summed E-state index contributed by atoms with van der Waals surface area (Å²) in [6.45, 7) is 1.94. The summed E-state index contributed by atoms with van der Waals surface area (Å²) >= 11 is 0. The molecule has 0 fully saturated rings. The first-order valence-electron chi connectivity index (χ1n) is 3.97. The maximum absolute atomic E-state index is 8.60. The second kappa shape index (κ2) is 3.72. The first-order valence-corrected chi connectivity index (χ1v) is 3.97. The minimum atomic E-state index is -0.00644. The van der Waals surface area contributed by atoms with Crippen LogP contribution in [0.25, 0.3) is 0 Å². The van der Waals surface area contributed by atoms with Gasteiger partial charge in [0.1, 0.15) is 11.8 Å². The summed E-state index contributed by atoms with van der Waals surface area (Å²) in [5.41, 5.74) is 2.55. The van der Waals surface area contributed by atoms with Gasteiger partial charge in [-0.25, -0.2) is 0 Å². The zero-order chi connectivity index (χ0) is 9.84. The molecule has 0 aliphatic rings. The molecule has 0 saturated carbocycles. The highest BCUT2D eigenvalue weighted by Gasteiger charge is 2.07. The van der Waals surface area contributed by atoms with E-state index in [0.717, 1.165) is 11.3 Å². The molecule has 0 radical (unpaired) electrons. The van der Waals surface area contributed by atoms with E-state index in [1.165, 1.54) is 0 Å². The minimum Gasteiger partial charge on any atom is -0.387 e. The topological polar surface area (TPSA) is 59.7 Å². The Morgan fingerprint density at radius 3 is 2.77 bits per heavy atom. The summed E-state index contributed by atoms with van der Waals surface area (Å²) in [5.74, 6) is 0. The summed E-state index contributed by atoms with van der Waals surface area (Å²) in [7, 11) is 1.79. The number of anilines is 1. The van der Waals surface area contributed by atoms with Gasteiger partial charge < -0.3 is 5.32 Å². The van der Waals surface area contributed by atoms with Gasteiger partial charge in [0.05, 0.1) is 0 Å².